The van der Waals surface area contributed by atoms with Crippen molar-refractivity contribution in [1.29, 1.82) is 0 Å². The highest BCUT2D eigenvalue weighted by atomic mass is 16.6. The Bertz CT molecular complexity index is 2550. The number of nitrogens with zero attached hydrogens (tertiary/aromatic N) is 4. The summed E-state index contributed by atoms with van der Waals surface area (Å²) in [4.78, 5) is 67.9. The Kier molecular flexibility index (Phi) is 12.3. The Morgan fingerprint density at radius 1 is 0.561 bits per heavy atom. The summed E-state index contributed by atoms with van der Waals surface area (Å²) in [5, 5.41) is 2.48. The van der Waals surface area contributed by atoms with Crippen LogP contribution in [0.1, 0.15) is 84.5 Å². The van der Waals surface area contributed by atoms with Gasteiger partial charge in [-0.25, -0.2) is 9.59 Å². The van der Waals surface area contributed by atoms with Gasteiger partial charge in [-0.15, -0.1) is 0 Å². The van der Waals surface area contributed by atoms with E-state index in [4.69, 9.17) is 20.9 Å². The maximum Gasteiger partial charge on any atom is 0.419 e. The van der Waals surface area contributed by atoms with E-state index in [1.54, 1.807) is 9.80 Å². The smallest absolute Gasteiger partial charge is 0.419 e. The van der Waals surface area contributed by atoms with Gasteiger partial charge in [0.15, 0.2) is 0 Å². The Morgan fingerprint density at radius 2 is 0.970 bits per heavy atom. The standard InChI is InChI=1S/C52H58N8O6/c53-47(61)49(59-31-39(41-5-1-3-7-45(41)59)19-27-57-23-15-33(16-24-57)35-9-11-43-37(29-35)13-21-55-43)65-51(63)52(64)66-50(48(54)62)60-32-40(42-6-2-4-8-46(42)60)20-28-58-25-17-34(18-26-58)36-10-12-44-38(30-36)14-22-56-44/h1-14,21-22,29-30,33-34,39-40,49-50,55-56H,15-20,23-28,31-32H2,(H2,53,61)(H2,54,62)/t39-,40-,49?,50?/m1/s1. The summed E-state index contributed by atoms with van der Waals surface area (Å²) in [6.07, 6.45) is 6.73. The van der Waals surface area contributed by atoms with Gasteiger partial charge in [0, 0.05) is 59.7 Å². The van der Waals surface area contributed by atoms with Gasteiger partial charge in [-0.2, -0.15) is 0 Å². The maximum absolute atomic E-state index is 13.5. The predicted octanol–water partition coefficient (Wildman–Crippen LogP) is 6.41. The van der Waals surface area contributed by atoms with E-state index in [1.165, 1.54) is 21.9 Å². The molecule has 2 fully saturated rings. The van der Waals surface area contributed by atoms with Crippen LogP contribution in [0.15, 0.2) is 109 Å². The summed E-state index contributed by atoms with van der Waals surface area (Å²) in [6, 6.07) is 33.0. The monoisotopic (exact) mass is 890 g/mol. The third-order valence-corrected chi connectivity index (χ3v) is 14.7. The van der Waals surface area contributed by atoms with Crippen LogP contribution in [-0.2, 0) is 28.7 Å². The van der Waals surface area contributed by atoms with Crippen molar-refractivity contribution in [2.24, 2.45) is 11.5 Å². The van der Waals surface area contributed by atoms with Gasteiger partial charge < -0.3 is 50.5 Å². The molecule has 4 aliphatic rings. The summed E-state index contributed by atoms with van der Waals surface area (Å²) < 4.78 is 11.1. The molecule has 6 aromatic rings. The van der Waals surface area contributed by atoms with Gasteiger partial charge in [-0.3, -0.25) is 9.59 Å². The molecule has 2 unspecified atom stereocenters. The first kappa shape index (κ1) is 43.3. The number of nitrogens with one attached hydrogen (secondary N) is 2. The maximum atomic E-state index is 13.5. The number of benzene rings is 4. The van der Waals surface area contributed by atoms with E-state index in [2.05, 4.69) is 68.3 Å². The Labute approximate surface area is 384 Å². The first-order chi connectivity index (χ1) is 32.2. The number of carbonyl (C=O) groups excluding carboxylic acids is 4. The molecule has 342 valence electrons. The number of nitrogens with two attached hydrogens (primary N) is 2. The summed E-state index contributed by atoms with van der Waals surface area (Å²) in [5.74, 6) is -3.65. The lowest BCUT2D eigenvalue weighted by atomic mass is 9.88. The minimum atomic E-state index is -1.58. The zero-order chi connectivity index (χ0) is 45.3. The van der Waals surface area contributed by atoms with Gasteiger partial charge in [-0.05, 0) is 171 Å². The quantitative estimate of drug-likeness (QED) is 0.0705. The highest BCUT2D eigenvalue weighted by Crippen LogP contribution is 2.42. The highest BCUT2D eigenvalue weighted by Gasteiger charge is 2.42. The van der Waals surface area contributed by atoms with Crippen molar-refractivity contribution in [2.75, 3.05) is 62.2 Å². The van der Waals surface area contributed by atoms with E-state index < -0.39 is 36.2 Å². The number of ether oxygens (including phenoxy) is 2. The molecule has 4 aliphatic heterocycles. The number of anilines is 2. The number of hydrogen-bond acceptors (Lipinski definition) is 10. The molecule has 0 aliphatic carbocycles. The molecule has 14 nitrogen and oxygen atoms in total. The number of fused-ring (bicyclic) bond motifs is 4. The lowest BCUT2D eigenvalue weighted by Gasteiger charge is -2.33. The van der Waals surface area contributed by atoms with Crippen LogP contribution >= 0.6 is 0 Å². The van der Waals surface area contributed by atoms with Crippen LogP contribution in [-0.4, -0.2) is 108 Å². The molecule has 0 bridgehead atoms. The van der Waals surface area contributed by atoms with Crippen LogP contribution in [0.2, 0.25) is 0 Å². The number of aromatic nitrogens is 2. The molecule has 6 heterocycles. The summed E-state index contributed by atoms with van der Waals surface area (Å²) in [6.45, 7) is 6.40. The topological polar surface area (TPSA) is 183 Å². The number of aromatic amines is 2. The molecule has 2 amide bonds. The first-order valence-electron chi connectivity index (χ1n) is 23.5. The van der Waals surface area contributed by atoms with E-state index >= 15 is 0 Å². The number of para-hydroxylation sites is 2. The molecule has 10 rings (SSSR count). The fourth-order valence-electron chi connectivity index (χ4n) is 11.2. The molecular weight excluding hydrogens is 833 g/mol. The van der Waals surface area contributed by atoms with E-state index in [9.17, 15) is 19.2 Å². The molecule has 2 saturated heterocycles. The van der Waals surface area contributed by atoms with Gasteiger partial charge in [0.05, 0.1) is 0 Å². The zero-order valence-corrected chi connectivity index (χ0v) is 37.1. The number of rotatable bonds is 14. The summed E-state index contributed by atoms with van der Waals surface area (Å²) in [5.41, 5.74) is 20.3. The Balaban J connectivity index is 0.737. The summed E-state index contributed by atoms with van der Waals surface area (Å²) in [7, 11) is 0. The number of H-pyrrole nitrogens is 2. The number of piperidine rings is 2. The minimum Gasteiger partial charge on any atom is -0.423 e. The lowest BCUT2D eigenvalue weighted by molar-refractivity contribution is -0.176. The second kappa shape index (κ2) is 18.7. The largest absolute Gasteiger partial charge is 0.423 e. The average molecular weight is 891 g/mol. The molecule has 4 atom stereocenters. The Morgan fingerprint density at radius 3 is 1.38 bits per heavy atom. The molecule has 0 spiro atoms. The molecule has 0 saturated carbocycles. The van der Waals surface area contributed by atoms with Crippen molar-refractivity contribution < 1.29 is 28.7 Å². The van der Waals surface area contributed by atoms with Crippen molar-refractivity contribution >= 4 is 56.9 Å². The molecule has 14 heteroatoms. The van der Waals surface area contributed by atoms with Crippen LogP contribution < -0.4 is 21.3 Å². The number of likely N-dealkylation sites (tertiary alicyclic amines) is 2. The molecule has 66 heavy (non-hydrogen) atoms. The molecule has 4 aromatic carbocycles. The number of carbonyl (C=O) groups is 4. The van der Waals surface area contributed by atoms with Crippen molar-refractivity contribution in [1.82, 2.24) is 19.8 Å². The van der Waals surface area contributed by atoms with Crippen LogP contribution in [0.25, 0.3) is 21.8 Å². The number of hydrogen-bond donors (Lipinski definition) is 4. The van der Waals surface area contributed by atoms with E-state index in [1.807, 2.05) is 60.9 Å². The summed E-state index contributed by atoms with van der Waals surface area (Å²) >= 11 is 0. The average Bonchev–Trinajstić information content (AvgIpc) is 4.16. The third-order valence-electron chi connectivity index (χ3n) is 14.7. The SMILES string of the molecule is NC(=O)C(OC(=O)C(=O)OC(C(N)=O)N1C[C@@H](CCN2CCC(c3ccc4[nH]ccc4c3)CC2)c2ccccc21)N1C[C@@H](CCN2CCC(c3ccc4[nH]ccc4c3)CC2)c2ccccc21. The highest BCUT2D eigenvalue weighted by molar-refractivity contribution is 6.30. The van der Waals surface area contributed by atoms with Gasteiger partial charge in [-0.1, -0.05) is 48.5 Å². The van der Waals surface area contributed by atoms with Crippen molar-refractivity contribution in [3.8, 4) is 0 Å². The second-order valence-electron chi connectivity index (χ2n) is 18.6. The van der Waals surface area contributed by atoms with Crippen molar-refractivity contribution in [3.63, 3.8) is 0 Å². The first-order valence-corrected chi connectivity index (χ1v) is 23.5. The van der Waals surface area contributed by atoms with Crippen LogP contribution in [0.5, 0.6) is 0 Å². The van der Waals surface area contributed by atoms with E-state index in [0.29, 0.717) is 36.3 Å². The fourth-order valence-corrected chi connectivity index (χ4v) is 11.2. The number of esters is 2. The molecule has 0 radical (unpaired) electrons. The molecular formula is C52H58N8O6. The van der Waals surface area contributed by atoms with Gasteiger partial charge in [0.25, 0.3) is 24.3 Å². The van der Waals surface area contributed by atoms with Gasteiger partial charge >= 0.3 is 11.9 Å². The fraction of sp³-hybridized carbons (Fsp3) is 0.385. The predicted molar refractivity (Wildman–Crippen MR) is 254 cm³/mol. The van der Waals surface area contributed by atoms with Gasteiger partial charge in [0.1, 0.15) is 0 Å². The number of amides is 2. The Hall–Kier alpha value is -6.64. The molecule has 6 N–H and O–H groups in total. The van der Waals surface area contributed by atoms with Crippen molar-refractivity contribution in [2.45, 2.75) is 74.7 Å². The molecule has 2 aromatic heterocycles. The number of primary amides is 2. The van der Waals surface area contributed by atoms with E-state index in [-0.39, 0.29) is 11.8 Å². The second-order valence-corrected chi connectivity index (χ2v) is 18.6. The third kappa shape index (κ3) is 8.87. The van der Waals surface area contributed by atoms with Crippen molar-refractivity contribution in [3.05, 3.63) is 132 Å². The zero-order valence-electron chi connectivity index (χ0n) is 37.1. The lowest BCUT2D eigenvalue weighted by Crippen LogP contribution is -2.51. The normalized spacial score (nSPS) is 20.3. The van der Waals surface area contributed by atoms with Gasteiger partial charge in [0.2, 0.25) is 0 Å². The van der Waals surface area contributed by atoms with Crippen LogP contribution in [0.3, 0.4) is 0 Å². The van der Waals surface area contributed by atoms with Crippen LogP contribution in [0.4, 0.5) is 11.4 Å². The van der Waals surface area contributed by atoms with Crippen LogP contribution in [0, 0.1) is 0 Å². The van der Waals surface area contributed by atoms with E-state index in [0.717, 1.165) is 100.0 Å². The minimum absolute atomic E-state index is 0.0299.